The lowest BCUT2D eigenvalue weighted by Crippen LogP contribution is -2.26. The molecule has 0 amide bonds. The van der Waals surface area contributed by atoms with E-state index in [1.54, 1.807) is 0 Å². The lowest BCUT2D eigenvalue weighted by Gasteiger charge is -2.25. The van der Waals surface area contributed by atoms with Gasteiger partial charge in [-0.05, 0) is 12.3 Å². The number of rotatable bonds is 3. The standard InChI is InChI=1S/C10H19NO/c1-8(2)7-10(3,4)9-11-5-6-12-9/h8H,5-7H2,1-4H3. The van der Waals surface area contributed by atoms with E-state index in [4.69, 9.17) is 4.74 Å². The van der Waals surface area contributed by atoms with Crippen molar-refractivity contribution in [1.29, 1.82) is 0 Å². The van der Waals surface area contributed by atoms with Crippen molar-refractivity contribution in [2.24, 2.45) is 16.3 Å². The van der Waals surface area contributed by atoms with Gasteiger partial charge in [-0.15, -0.1) is 0 Å². The van der Waals surface area contributed by atoms with Crippen molar-refractivity contribution in [3.8, 4) is 0 Å². The fraction of sp³-hybridized carbons (Fsp3) is 0.900. The van der Waals surface area contributed by atoms with Crippen LogP contribution in [0.4, 0.5) is 0 Å². The van der Waals surface area contributed by atoms with Gasteiger partial charge >= 0.3 is 0 Å². The van der Waals surface area contributed by atoms with Gasteiger partial charge in [0.1, 0.15) is 6.61 Å². The maximum Gasteiger partial charge on any atom is 0.189 e. The zero-order chi connectivity index (χ0) is 9.19. The molecule has 1 aliphatic rings. The van der Waals surface area contributed by atoms with Gasteiger partial charge in [0.25, 0.3) is 0 Å². The molecule has 1 heterocycles. The zero-order valence-corrected chi connectivity index (χ0v) is 8.55. The first-order valence-corrected chi connectivity index (χ1v) is 4.70. The molecular formula is C10H19NO. The molecule has 0 aromatic carbocycles. The molecule has 0 aliphatic carbocycles. The van der Waals surface area contributed by atoms with Crippen LogP contribution in [0.5, 0.6) is 0 Å². The molecule has 2 heteroatoms. The Balaban J connectivity index is 2.57. The van der Waals surface area contributed by atoms with E-state index in [2.05, 4.69) is 32.7 Å². The Morgan fingerprint density at radius 2 is 2.17 bits per heavy atom. The number of hydrogen-bond donors (Lipinski definition) is 0. The molecule has 0 N–H and O–H groups in total. The monoisotopic (exact) mass is 169 g/mol. The van der Waals surface area contributed by atoms with Crippen LogP contribution in [-0.4, -0.2) is 19.0 Å². The summed E-state index contributed by atoms with van der Waals surface area (Å²) in [5.41, 5.74) is 0.130. The van der Waals surface area contributed by atoms with Crippen molar-refractivity contribution >= 4 is 5.90 Å². The largest absolute Gasteiger partial charge is 0.479 e. The third-order valence-corrected chi connectivity index (χ3v) is 2.08. The molecule has 0 atom stereocenters. The summed E-state index contributed by atoms with van der Waals surface area (Å²) < 4.78 is 5.47. The van der Waals surface area contributed by atoms with Crippen molar-refractivity contribution in [3.05, 3.63) is 0 Å². The second-order valence-electron chi connectivity index (χ2n) is 4.52. The average Bonchev–Trinajstić information content (AvgIpc) is 2.32. The predicted octanol–water partition coefficient (Wildman–Crippen LogP) is 2.49. The Morgan fingerprint density at radius 1 is 1.50 bits per heavy atom. The molecule has 0 unspecified atom stereocenters. The first-order chi connectivity index (χ1) is 5.52. The lowest BCUT2D eigenvalue weighted by atomic mass is 9.84. The normalized spacial score (nSPS) is 17.9. The molecule has 0 radical (unpaired) electrons. The molecule has 70 valence electrons. The molecule has 0 aromatic rings. The van der Waals surface area contributed by atoms with Crippen molar-refractivity contribution < 1.29 is 4.74 Å². The van der Waals surface area contributed by atoms with Gasteiger partial charge in [0, 0.05) is 5.41 Å². The van der Waals surface area contributed by atoms with Crippen molar-refractivity contribution in [1.82, 2.24) is 0 Å². The number of nitrogens with zero attached hydrogens (tertiary/aromatic N) is 1. The van der Waals surface area contributed by atoms with E-state index in [1.165, 1.54) is 0 Å². The maximum atomic E-state index is 5.47. The molecule has 0 bridgehead atoms. The van der Waals surface area contributed by atoms with E-state index in [0.717, 1.165) is 25.5 Å². The van der Waals surface area contributed by atoms with Crippen LogP contribution in [0.2, 0.25) is 0 Å². The van der Waals surface area contributed by atoms with E-state index in [-0.39, 0.29) is 5.41 Å². The molecular weight excluding hydrogens is 150 g/mol. The number of hydrogen-bond acceptors (Lipinski definition) is 2. The molecule has 12 heavy (non-hydrogen) atoms. The smallest absolute Gasteiger partial charge is 0.189 e. The van der Waals surface area contributed by atoms with Crippen LogP contribution in [0.25, 0.3) is 0 Å². The Labute approximate surface area is 75.0 Å². The second-order valence-corrected chi connectivity index (χ2v) is 4.52. The van der Waals surface area contributed by atoms with E-state index in [1.807, 2.05) is 0 Å². The zero-order valence-electron chi connectivity index (χ0n) is 8.55. The van der Waals surface area contributed by atoms with Crippen molar-refractivity contribution in [3.63, 3.8) is 0 Å². The Hall–Kier alpha value is -0.530. The molecule has 2 nitrogen and oxygen atoms in total. The van der Waals surface area contributed by atoms with Crippen LogP contribution >= 0.6 is 0 Å². The van der Waals surface area contributed by atoms with E-state index < -0.39 is 0 Å². The van der Waals surface area contributed by atoms with Gasteiger partial charge in [-0.1, -0.05) is 27.7 Å². The highest BCUT2D eigenvalue weighted by atomic mass is 16.5. The molecule has 0 aromatic heterocycles. The van der Waals surface area contributed by atoms with Gasteiger partial charge in [0.2, 0.25) is 0 Å². The SMILES string of the molecule is CC(C)CC(C)(C)C1=NCCO1. The molecule has 0 fully saturated rings. The molecule has 0 saturated heterocycles. The van der Waals surface area contributed by atoms with Gasteiger partial charge in [-0.2, -0.15) is 0 Å². The van der Waals surface area contributed by atoms with E-state index in [9.17, 15) is 0 Å². The van der Waals surface area contributed by atoms with Gasteiger partial charge in [-0.25, -0.2) is 0 Å². The Morgan fingerprint density at radius 3 is 2.58 bits per heavy atom. The third-order valence-electron chi connectivity index (χ3n) is 2.08. The summed E-state index contributed by atoms with van der Waals surface area (Å²) in [5.74, 6) is 1.66. The minimum atomic E-state index is 0.130. The average molecular weight is 169 g/mol. The summed E-state index contributed by atoms with van der Waals surface area (Å²) in [7, 11) is 0. The maximum absolute atomic E-state index is 5.47. The predicted molar refractivity (Wildman–Crippen MR) is 51.5 cm³/mol. The topological polar surface area (TPSA) is 21.6 Å². The highest BCUT2D eigenvalue weighted by Crippen LogP contribution is 2.28. The summed E-state index contributed by atoms with van der Waals surface area (Å²) in [6, 6.07) is 0. The fourth-order valence-corrected chi connectivity index (χ4v) is 1.85. The second kappa shape index (κ2) is 3.46. The van der Waals surface area contributed by atoms with Crippen LogP contribution < -0.4 is 0 Å². The summed E-state index contributed by atoms with van der Waals surface area (Å²) in [5, 5.41) is 0. The van der Waals surface area contributed by atoms with Crippen LogP contribution in [-0.2, 0) is 4.74 Å². The lowest BCUT2D eigenvalue weighted by molar-refractivity contribution is 0.270. The summed E-state index contributed by atoms with van der Waals surface area (Å²) in [6.07, 6.45) is 1.14. The highest BCUT2D eigenvalue weighted by molar-refractivity contribution is 5.82. The van der Waals surface area contributed by atoms with E-state index in [0.29, 0.717) is 5.92 Å². The number of ether oxygens (including phenoxy) is 1. The minimum Gasteiger partial charge on any atom is -0.479 e. The molecule has 1 aliphatic heterocycles. The molecule has 0 spiro atoms. The Kier molecular flexibility index (Phi) is 2.76. The van der Waals surface area contributed by atoms with Crippen molar-refractivity contribution in [2.45, 2.75) is 34.1 Å². The summed E-state index contributed by atoms with van der Waals surface area (Å²) in [4.78, 5) is 4.35. The summed E-state index contributed by atoms with van der Waals surface area (Å²) in [6.45, 7) is 10.5. The molecule has 1 rings (SSSR count). The van der Waals surface area contributed by atoms with Crippen LogP contribution in [0.1, 0.15) is 34.1 Å². The first-order valence-electron chi connectivity index (χ1n) is 4.70. The van der Waals surface area contributed by atoms with Crippen LogP contribution in [0.15, 0.2) is 4.99 Å². The van der Waals surface area contributed by atoms with Gasteiger partial charge < -0.3 is 4.74 Å². The van der Waals surface area contributed by atoms with Gasteiger partial charge in [0.15, 0.2) is 5.90 Å². The van der Waals surface area contributed by atoms with Crippen LogP contribution in [0, 0.1) is 11.3 Å². The minimum absolute atomic E-state index is 0.130. The molecule has 0 saturated carbocycles. The van der Waals surface area contributed by atoms with Gasteiger partial charge in [0.05, 0.1) is 6.54 Å². The first kappa shape index (κ1) is 9.56. The third kappa shape index (κ3) is 2.23. The fourth-order valence-electron chi connectivity index (χ4n) is 1.85. The van der Waals surface area contributed by atoms with Gasteiger partial charge in [-0.3, -0.25) is 4.99 Å². The van der Waals surface area contributed by atoms with E-state index >= 15 is 0 Å². The Bertz CT molecular complexity index is 182. The van der Waals surface area contributed by atoms with Crippen LogP contribution in [0.3, 0.4) is 0 Å². The van der Waals surface area contributed by atoms with Crippen molar-refractivity contribution in [2.75, 3.05) is 13.2 Å². The highest BCUT2D eigenvalue weighted by Gasteiger charge is 2.29. The summed E-state index contributed by atoms with van der Waals surface area (Å²) >= 11 is 0. The quantitative estimate of drug-likeness (QED) is 0.636. The number of aliphatic imine (C=N–C) groups is 1.